The molecular weight excluding hydrogens is 232 g/mol. The maximum absolute atomic E-state index is 11.0. The average molecular weight is 246 g/mol. The minimum absolute atomic E-state index is 0.00389. The molecule has 0 aliphatic heterocycles. The van der Waals surface area contributed by atoms with E-state index in [4.69, 9.17) is 15.6 Å². The minimum Gasteiger partial charge on any atom is -0.491 e. The highest BCUT2D eigenvalue weighted by molar-refractivity contribution is 6.03. The highest BCUT2D eigenvalue weighted by Gasteiger charge is 2.12. The normalized spacial score (nSPS) is 10.8. The van der Waals surface area contributed by atoms with Crippen LogP contribution in [0.4, 0.5) is 5.69 Å². The van der Waals surface area contributed by atoms with Gasteiger partial charge in [-0.05, 0) is 32.0 Å². The lowest BCUT2D eigenvalue weighted by atomic mass is 10.1. The fourth-order valence-corrected chi connectivity index (χ4v) is 1.71. The molecule has 1 aromatic carbocycles. The van der Waals surface area contributed by atoms with Gasteiger partial charge in [-0.2, -0.15) is 0 Å². The van der Waals surface area contributed by atoms with Crippen molar-refractivity contribution in [3.63, 3.8) is 0 Å². The predicted octanol–water partition coefficient (Wildman–Crippen LogP) is 2.30. The number of aromatic carboxylic acids is 1. The van der Waals surface area contributed by atoms with E-state index in [0.29, 0.717) is 16.7 Å². The number of aromatic nitrogens is 1. The van der Waals surface area contributed by atoms with Gasteiger partial charge in [0.2, 0.25) is 0 Å². The zero-order valence-corrected chi connectivity index (χ0v) is 10.2. The molecule has 3 N–H and O–H groups in total. The third-order valence-electron chi connectivity index (χ3n) is 2.48. The Morgan fingerprint density at radius 2 is 2.17 bits per heavy atom. The van der Waals surface area contributed by atoms with Crippen LogP contribution in [0.2, 0.25) is 0 Å². The van der Waals surface area contributed by atoms with Gasteiger partial charge in [-0.15, -0.1) is 0 Å². The molecule has 1 aromatic heterocycles. The van der Waals surface area contributed by atoms with Crippen molar-refractivity contribution in [1.29, 1.82) is 0 Å². The second kappa shape index (κ2) is 4.52. The monoisotopic (exact) mass is 246 g/mol. The molecule has 0 unspecified atom stereocenters. The summed E-state index contributed by atoms with van der Waals surface area (Å²) in [5, 5.41) is 9.58. The fourth-order valence-electron chi connectivity index (χ4n) is 1.71. The Bertz CT molecular complexity index is 608. The van der Waals surface area contributed by atoms with Crippen LogP contribution in [0.25, 0.3) is 10.9 Å². The Hall–Kier alpha value is -2.30. The van der Waals surface area contributed by atoms with E-state index >= 15 is 0 Å². The maximum Gasteiger partial charge on any atom is 0.339 e. The highest BCUT2D eigenvalue weighted by Crippen LogP contribution is 2.27. The summed E-state index contributed by atoms with van der Waals surface area (Å²) in [6.45, 7) is 3.83. The molecule has 0 amide bonds. The van der Waals surface area contributed by atoms with Crippen molar-refractivity contribution < 1.29 is 14.6 Å². The number of nitrogens with zero attached hydrogens (tertiary/aromatic N) is 1. The van der Waals surface area contributed by atoms with Gasteiger partial charge >= 0.3 is 5.97 Å². The molecule has 0 radical (unpaired) electrons. The van der Waals surface area contributed by atoms with Crippen LogP contribution in [-0.2, 0) is 0 Å². The number of rotatable bonds is 3. The molecule has 5 nitrogen and oxygen atoms in total. The van der Waals surface area contributed by atoms with Crippen molar-refractivity contribution in [3.05, 3.63) is 30.0 Å². The van der Waals surface area contributed by atoms with Crippen molar-refractivity contribution in [2.24, 2.45) is 0 Å². The molecule has 0 aliphatic carbocycles. The van der Waals surface area contributed by atoms with Gasteiger partial charge in [0.1, 0.15) is 11.3 Å². The summed E-state index contributed by atoms with van der Waals surface area (Å²) in [6, 6.07) is 5.26. The first-order valence-electron chi connectivity index (χ1n) is 5.57. The Balaban J connectivity index is 2.59. The number of carboxylic acid groups (broad SMARTS) is 1. The fraction of sp³-hybridized carbons (Fsp3) is 0.231. The van der Waals surface area contributed by atoms with Crippen molar-refractivity contribution in [3.8, 4) is 5.75 Å². The summed E-state index contributed by atoms with van der Waals surface area (Å²) in [7, 11) is 0. The standard InChI is InChI=1S/C13H14N2O3/c1-7(2)18-8-3-4-11-9(5-8)12(14)10(6-15-11)13(16)17/h3-7H,1-2H3,(H2,14,15)(H,16,17). The second-order valence-electron chi connectivity index (χ2n) is 4.24. The van der Waals surface area contributed by atoms with Gasteiger partial charge in [-0.3, -0.25) is 4.98 Å². The van der Waals surface area contributed by atoms with Gasteiger partial charge in [0, 0.05) is 11.6 Å². The number of hydrogen-bond acceptors (Lipinski definition) is 4. The topological polar surface area (TPSA) is 85.4 Å². The summed E-state index contributed by atoms with van der Waals surface area (Å²) in [4.78, 5) is 15.0. The van der Waals surface area contributed by atoms with Gasteiger partial charge < -0.3 is 15.6 Å². The molecule has 0 saturated heterocycles. The number of carboxylic acids is 1. The lowest BCUT2D eigenvalue weighted by molar-refractivity contribution is 0.0698. The number of fused-ring (bicyclic) bond motifs is 1. The van der Waals surface area contributed by atoms with Gasteiger partial charge in [0.05, 0.1) is 17.3 Å². The van der Waals surface area contributed by atoms with Crippen molar-refractivity contribution >= 4 is 22.6 Å². The van der Waals surface area contributed by atoms with E-state index in [1.165, 1.54) is 6.20 Å². The van der Waals surface area contributed by atoms with E-state index in [1.807, 2.05) is 13.8 Å². The Labute approximate surface area is 104 Å². The van der Waals surface area contributed by atoms with Crippen LogP contribution in [0.3, 0.4) is 0 Å². The van der Waals surface area contributed by atoms with Gasteiger partial charge in [0.25, 0.3) is 0 Å². The van der Waals surface area contributed by atoms with Gasteiger partial charge in [-0.1, -0.05) is 0 Å². The molecule has 0 atom stereocenters. The van der Waals surface area contributed by atoms with E-state index in [1.54, 1.807) is 18.2 Å². The first-order chi connectivity index (χ1) is 8.49. The molecule has 0 bridgehead atoms. The molecule has 2 aromatic rings. The number of benzene rings is 1. The first kappa shape index (κ1) is 12.2. The highest BCUT2D eigenvalue weighted by atomic mass is 16.5. The molecule has 94 valence electrons. The zero-order chi connectivity index (χ0) is 13.3. The molecule has 2 rings (SSSR count). The quantitative estimate of drug-likeness (QED) is 0.867. The Kier molecular flexibility index (Phi) is 3.06. The number of nitrogen functional groups attached to an aromatic ring is 1. The Morgan fingerprint density at radius 3 is 2.78 bits per heavy atom. The number of pyridine rings is 1. The van der Waals surface area contributed by atoms with Gasteiger partial charge in [0.15, 0.2) is 0 Å². The van der Waals surface area contributed by atoms with Crippen LogP contribution in [-0.4, -0.2) is 22.2 Å². The summed E-state index contributed by atoms with van der Waals surface area (Å²) in [5.41, 5.74) is 6.70. The number of ether oxygens (including phenoxy) is 1. The smallest absolute Gasteiger partial charge is 0.339 e. The molecule has 1 heterocycles. The molecule has 0 saturated carbocycles. The first-order valence-corrected chi connectivity index (χ1v) is 5.57. The zero-order valence-electron chi connectivity index (χ0n) is 10.2. The molecule has 5 heteroatoms. The van der Waals surface area contributed by atoms with Crippen LogP contribution >= 0.6 is 0 Å². The lowest BCUT2D eigenvalue weighted by Crippen LogP contribution is -2.06. The van der Waals surface area contributed by atoms with Crippen LogP contribution in [0.15, 0.2) is 24.4 Å². The van der Waals surface area contributed by atoms with Gasteiger partial charge in [-0.25, -0.2) is 4.79 Å². The minimum atomic E-state index is -1.09. The number of nitrogens with two attached hydrogens (primary N) is 1. The van der Waals surface area contributed by atoms with E-state index in [0.717, 1.165) is 0 Å². The summed E-state index contributed by atoms with van der Waals surface area (Å²) < 4.78 is 5.55. The third kappa shape index (κ3) is 2.20. The molecular formula is C13H14N2O3. The SMILES string of the molecule is CC(C)Oc1ccc2ncc(C(=O)O)c(N)c2c1. The summed E-state index contributed by atoms with van der Waals surface area (Å²) >= 11 is 0. The van der Waals surface area contributed by atoms with Crippen molar-refractivity contribution in [1.82, 2.24) is 4.98 Å². The van der Waals surface area contributed by atoms with Crippen LogP contribution < -0.4 is 10.5 Å². The van der Waals surface area contributed by atoms with Crippen LogP contribution in [0.1, 0.15) is 24.2 Å². The van der Waals surface area contributed by atoms with E-state index in [-0.39, 0.29) is 17.4 Å². The van der Waals surface area contributed by atoms with Crippen molar-refractivity contribution in [2.75, 3.05) is 5.73 Å². The predicted molar refractivity (Wildman–Crippen MR) is 68.9 cm³/mol. The van der Waals surface area contributed by atoms with E-state index in [2.05, 4.69) is 4.98 Å². The average Bonchev–Trinajstić information content (AvgIpc) is 2.29. The maximum atomic E-state index is 11.0. The summed E-state index contributed by atoms with van der Waals surface area (Å²) in [6.07, 6.45) is 1.31. The number of hydrogen-bond donors (Lipinski definition) is 2. The Morgan fingerprint density at radius 1 is 1.44 bits per heavy atom. The summed E-state index contributed by atoms with van der Waals surface area (Å²) in [5.74, 6) is -0.439. The lowest BCUT2D eigenvalue weighted by Gasteiger charge is -2.11. The molecule has 18 heavy (non-hydrogen) atoms. The molecule has 0 aliphatic rings. The van der Waals surface area contributed by atoms with E-state index < -0.39 is 5.97 Å². The van der Waals surface area contributed by atoms with E-state index in [9.17, 15) is 4.79 Å². The van der Waals surface area contributed by atoms with Crippen LogP contribution in [0, 0.1) is 0 Å². The third-order valence-corrected chi connectivity index (χ3v) is 2.48. The molecule has 0 fully saturated rings. The number of anilines is 1. The number of carbonyl (C=O) groups is 1. The van der Waals surface area contributed by atoms with Crippen molar-refractivity contribution in [2.45, 2.75) is 20.0 Å². The largest absolute Gasteiger partial charge is 0.491 e. The van der Waals surface area contributed by atoms with Crippen LogP contribution in [0.5, 0.6) is 5.75 Å². The molecule has 0 spiro atoms. The second-order valence-corrected chi connectivity index (χ2v) is 4.24.